The van der Waals surface area contributed by atoms with E-state index in [4.69, 9.17) is 10.5 Å². The third-order valence-electron chi connectivity index (χ3n) is 5.14. The van der Waals surface area contributed by atoms with Crippen LogP contribution in [-0.2, 0) is 6.54 Å². The van der Waals surface area contributed by atoms with Gasteiger partial charge in [-0.15, -0.1) is 0 Å². The summed E-state index contributed by atoms with van der Waals surface area (Å²) in [5, 5.41) is 2.54. The molecule has 2 amide bonds. The molecule has 0 saturated heterocycles. The van der Waals surface area contributed by atoms with Crippen LogP contribution in [0, 0.1) is 5.82 Å². The Labute approximate surface area is 194 Å². The molecule has 1 aliphatic rings. The van der Waals surface area contributed by atoms with E-state index >= 15 is 0 Å². The highest BCUT2D eigenvalue weighted by molar-refractivity contribution is 6.04. The number of pyridine rings is 2. The van der Waals surface area contributed by atoms with Gasteiger partial charge in [-0.3, -0.25) is 19.4 Å². The molecule has 8 nitrogen and oxygen atoms in total. The van der Waals surface area contributed by atoms with Gasteiger partial charge in [-0.2, -0.15) is 0 Å². The standard InChI is InChI=1S/C25H21FN4O4/c26-20-13-17(8-9-22(20)34-18-10-11-28-21(14-18)23(27)31)29-24(32)19-7-4-12-30(25(19)33)15-16-5-2-1-3-6-16/h1-2,4-5,7-14H,3,6,15H2,(H2,27,31)(H,29,32). The maximum Gasteiger partial charge on any atom is 0.267 e. The number of carbonyl (C=O) groups is 2. The molecule has 1 aromatic carbocycles. The summed E-state index contributed by atoms with van der Waals surface area (Å²) < 4.78 is 21.5. The predicted octanol–water partition coefficient (Wildman–Crippen LogP) is 3.80. The number of nitrogens with two attached hydrogens (primary N) is 1. The highest BCUT2D eigenvalue weighted by Crippen LogP contribution is 2.27. The van der Waals surface area contributed by atoms with Gasteiger partial charge in [-0.1, -0.05) is 23.8 Å². The molecule has 2 aromatic heterocycles. The highest BCUT2D eigenvalue weighted by atomic mass is 19.1. The van der Waals surface area contributed by atoms with Crippen molar-refractivity contribution in [1.29, 1.82) is 0 Å². The molecule has 34 heavy (non-hydrogen) atoms. The SMILES string of the molecule is NC(=O)c1cc(Oc2ccc(NC(=O)c3cccn(CC4=CC=CCC4)c3=O)cc2F)ccn1. The molecule has 0 bridgehead atoms. The average Bonchev–Trinajstić information content (AvgIpc) is 2.83. The normalized spacial score (nSPS) is 12.7. The Kier molecular flexibility index (Phi) is 6.63. The fourth-order valence-corrected chi connectivity index (χ4v) is 3.43. The summed E-state index contributed by atoms with van der Waals surface area (Å²) in [6.07, 6.45) is 10.7. The first-order chi connectivity index (χ1) is 16.4. The van der Waals surface area contributed by atoms with E-state index in [0.29, 0.717) is 6.54 Å². The van der Waals surface area contributed by atoms with E-state index in [1.165, 1.54) is 41.1 Å². The van der Waals surface area contributed by atoms with Gasteiger partial charge in [0.25, 0.3) is 17.4 Å². The first-order valence-corrected chi connectivity index (χ1v) is 10.5. The number of ether oxygens (including phenoxy) is 1. The predicted molar refractivity (Wildman–Crippen MR) is 124 cm³/mol. The number of carbonyl (C=O) groups excluding carboxylic acids is 2. The van der Waals surface area contributed by atoms with Gasteiger partial charge in [0.05, 0.1) is 0 Å². The van der Waals surface area contributed by atoms with Crippen LogP contribution in [-0.4, -0.2) is 21.4 Å². The van der Waals surface area contributed by atoms with Gasteiger partial charge in [0.1, 0.15) is 17.0 Å². The lowest BCUT2D eigenvalue weighted by Gasteiger charge is -2.13. The van der Waals surface area contributed by atoms with E-state index < -0.39 is 23.2 Å². The number of anilines is 1. The summed E-state index contributed by atoms with van der Waals surface area (Å²) in [4.78, 5) is 40.5. The van der Waals surface area contributed by atoms with Crippen LogP contribution in [0.4, 0.5) is 10.1 Å². The van der Waals surface area contributed by atoms with Crippen LogP contribution < -0.4 is 21.3 Å². The molecule has 0 aliphatic heterocycles. The number of amides is 2. The maximum atomic E-state index is 14.6. The summed E-state index contributed by atoms with van der Waals surface area (Å²) >= 11 is 0. The van der Waals surface area contributed by atoms with Gasteiger partial charge < -0.3 is 20.4 Å². The van der Waals surface area contributed by atoms with E-state index in [2.05, 4.69) is 16.4 Å². The van der Waals surface area contributed by atoms with Crippen molar-refractivity contribution in [2.24, 2.45) is 5.73 Å². The molecule has 0 fully saturated rings. The molecule has 0 saturated carbocycles. The van der Waals surface area contributed by atoms with Crippen molar-refractivity contribution in [3.63, 3.8) is 0 Å². The molecule has 1 aliphatic carbocycles. The molecule has 172 valence electrons. The molecular formula is C25H21FN4O4. The highest BCUT2D eigenvalue weighted by Gasteiger charge is 2.15. The summed E-state index contributed by atoms with van der Waals surface area (Å²) in [5.74, 6) is -2.09. The first kappa shape index (κ1) is 22.7. The summed E-state index contributed by atoms with van der Waals surface area (Å²) in [6, 6.07) is 9.62. The summed E-state index contributed by atoms with van der Waals surface area (Å²) in [7, 11) is 0. The zero-order chi connectivity index (χ0) is 24.1. The molecule has 4 rings (SSSR count). The van der Waals surface area contributed by atoms with Gasteiger partial charge in [0.2, 0.25) is 0 Å². The number of halogens is 1. The van der Waals surface area contributed by atoms with Crippen LogP contribution in [0.5, 0.6) is 11.5 Å². The van der Waals surface area contributed by atoms with Crippen molar-refractivity contribution in [2.45, 2.75) is 19.4 Å². The van der Waals surface area contributed by atoms with Gasteiger partial charge >= 0.3 is 0 Å². The zero-order valence-corrected chi connectivity index (χ0v) is 18.0. The second-order valence-electron chi connectivity index (χ2n) is 7.59. The smallest absolute Gasteiger partial charge is 0.267 e. The van der Waals surface area contributed by atoms with E-state index in [-0.39, 0.29) is 28.4 Å². The number of nitrogens with zero attached hydrogens (tertiary/aromatic N) is 2. The van der Waals surface area contributed by atoms with E-state index in [1.807, 2.05) is 12.2 Å². The third kappa shape index (κ3) is 5.26. The van der Waals surface area contributed by atoms with Crippen LogP contribution >= 0.6 is 0 Å². The van der Waals surface area contributed by atoms with Crippen LogP contribution in [0.1, 0.15) is 33.7 Å². The van der Waals surface area contributed by atoms with E-state index in [1.54, 1.807) is 12.3 Å². The molecule has 3 aromatic rings. The molecular weight excluding hydrogens is 439 g/mol. The fourth-order valence-electron chi connectivity index (χ4n) is 3.43. The summed E-state index contributed by atoms with van der Waals surface area (Å²) in [5.41, 5.74) is 5.93. The van der Waals surface area contributed by atoms with Crippen molar-refractivity contribution in [2.75, 3.05) is 5.32 Å². The molecule has 9 heteroatoms. The minimum absolute atomic E-state index is 0.0217. The molecule has 3 N–H and O–H groups in total. The second-order valence-corrected chi connectivity index (χ2v) is 7.59. The number of aromatic nitrogens is 2. The van der Waals surface area contributed by atoms with Gasteiger partial charge in [0, 0.05) is 36.8 Å². The third-order valence-corrected chi connectivity index (χ3v) is 5.14. The molecule has 2 heterocycles. The van der Waals surface area contributed by atoms with Crippen molar-refractivity contribution >= 4 is 17.5 Å². The van der Waals surface area contributed by atoms with Crippen LogP contribution in [0.15, 0.2) is 83.5 Å². The minimum Gasteiger partial charge on any atom is -0.454 e. The molecule has 0 atom stereocenters. The lowest BCUT2D eigenvalue weighted by molar-refractivity contribution is 0.0993. The lowest BCUT2D eigenvalue weighted by Crippen LogP contribution is -2.29. The Balaban J connectivity index is 1.48. The largest absolute Gasteiger partial charge is 0.454 e. The molecule has 0 unspecified atom stereocenters. The van der Waals surface area contributed by atoms with Crippen molar-refractivity contribution < 1.29 is 18.7 Å². The lowest BCUT2D eigenvalue weighted by atomic mass is 10.1. The number of rotatable bonds is 7. The number of hydrogen-bond acceptors (Lipinski definition) is 5. The van der Waals surface area contributed by atoms with Crippen LogP contribution in [0.25, 0.3) is 0 Å². The Morgan fingerprint density at radius 3 is 2.79 bits per heavy atom. The fraction of sp³-hybridized carbons (Fsp3) is 0.120. The second kappa shape index (κ2) is 9.95. The van der Waals surface area contributed by atoms with Crippen molar-refractivity contribution in [3.8, 4) is 11.5 Å². The first-order valence-electron chi connectivity index (χ1n) is 10.5. The van der Waals surface area contributed by atoms with Gasteiger partial charge in [-0.25, -0.2) is 4.39 Å². The topological polar surface area (TPSA) is 116 Å². The van der Waals surface area contributed by atoms with Gasteiger partial charge in [0.15, 0.2) is 11.6 Å². The Morgan fingerprint density at radius 1 is 1.21 bits per heavy atom. The van der Waals surface area contributed by atoms with Crippen LogP contribution in [0.2, 0.25) is 0 Å². The van der Waals surface area contributed by atoms with E-state index in [9.17, 15) is 18.8 Å². The Hall–Kier alpha value is -4.53. The van der Waals surface area contributed by atoms with Crippen molar-refractivity contribution in [3.05, 3.63) is 106 Å². The quantitative estimate of drug-likeness (QED) is 0.556. The number of primary amides is 1. The van der Waals surface area contributed by atoms with Crippen molar-refractivity contribution in [1.82, 2.24) is 9.55 Å². The molecule has 0 spiro atoms. The summed E-state index contributed by atoms with van der Waals surface area (Å²) in [6.45, 7) is 0.400. The number of benzene rings is 1. The van der Waals surface area contributed by atoms with Gasteiger partial charge in [-0.05, 0) is 43.2 Å². The average molecular weight is 460 g/mol. The number of hydrogen-bond donors (Lipinski definition) is 2. The Bertz CT molecular complexity index is 1380. The molecule has 0 radical (unpaired) electrons. The Morgan fingerprint density at radius 2 is 2.06 bits per heavy atom. The zero-order valence-electron chi connectivity index (χ0n) is 18.0. The van der Waals surface area contributed by atoms with Crippen LogP contribution in [0.3, 0.4) is 0 Å². The number of allylic oxidation sites excluding steroid dienone is 4. The number of nitrogens with one attached hydrogen (secondary N) is 1. The monoisotopic (exact) mass is 460 g/mol. The van der Waals surface area contributed by atoms with E-state index in [0.717, 1.165) is 24.5 Å². The maximum absolute atomic E-state index is 14.6. The minimum atomic E-state index is -0.752.